The molecule has 0 aliphatic carbocycles. The molecule has 0 aromatic rings. The van der Waals surface area contributed by atoms with Crippen LogP contribution in [0, 0.1) is 0 Å². The zero-order chi connectivity index (χ0) is 12.8. The maximum atomic E-state index is 11.4. The molecule has 0 bridgehead atoms. The smallest absolute Gasteiger partial charge is 0.321 e. The molecule has 3 amide bonds. The number of urea groups is 1. The molecule has 7 nitrogen and oxygen atoms in total. The first-order valence-corrected chi connectivity index (χ1v) is 5.69. The average Bonchev–Trinajstić information content (AvgIpc) is 2.54. The lowest BCUT2D eigenvalue weighted by Crippen LogP contribution is -2.44. The normalized spacial score (nSPS) is 24.6. The molecule has 0 radical (unpaired) electrons. The fourth-order valence-corrected chi connectivity index (χ4v) is 1.63. The summed E-state index contributed by atoms with van der Waals surface area (Å²) in [6.45, 7) is 2.90. The summed E-state index contributed by atoms with van der Waals surface area (Å²) in [7, 11) is 0. The van der Waals surface area contributed by atoms with Crippen LogP contribution in [0.1, 0.15) is 13.3 Å². The minimum Gasteiger partial charge on any atom is -0.389 e. The molecule has 0 unspecified atom stereocenters. The molecule has 7 heteroatoms. The van der Waals surface area contributed by atoms with Crippen molar-refractivity contribution in [2.45, 2.75) is 25.6 Å². The number of hydrogen-bond donors (Lipinski definition) is 4. The predicted octanol–water partition coefficient (Wildman–Crippen LogP) is -1.74. The van der Waals surface area contributed by atoms with Crippen molar-refractivity contribution >= 4 is 11.9 Å². The van der Waals surface area contributed by atoms with Gasteiger partial charge in [0.1, 0.15) is 0 Å². The Morgan fingerprint density at radius 3 is 2.41 bits per heavy atom. The molecular weight excluding hydrogens is 226 g/mol. The Balaban J connectivity index is 2.23. The molecule has 1 aliphatic heterocycles. The van der Waals surface area contributed by atoms with E-state index in [1.165, 1.54) is 0 Å². The van der Waals surface area contributed by atoms with Gasteiger partial charge in [0.25, 0.3) is 0 Å². The number of β-amino-alcohol motifs (C(OH)–C–C–N with tert-alkyl or cyclic N) is 2. The van der Waals surface area contributed by atoms with Crippen LogP contribution in [0.25, 0.3) is 0 Å². The fraction of sp³-hybridized carbons (Fsp3) is 0.800. The van der Waals surface area contributed by atoms with Gasteiger partial charge in [0.2, 0.25) is 5.91 Å². The van der Waals surface area contributed by atoms with Crippen molar-refractivity contribution in [1.29, 1.82) is 0 Å². The highest BCUT2D eigenvalue weighted by Crippen LogP contribution is 2.08. The van der Waals surface area contributed by atoms with E-state index in [4.69, 9.17) is 0 Å². The number of likely N-dealkylation sites (tertiary alicyclic amines) is 1. The van der Waals surface area contributed by atoms with E-state index in [1.807, 2.05) is 6.92 Å². The number of nitrogens with one attached hydrogen (secondary N) is 2. The highest BCUT2D eigenvalue weighted by molar-refractivity contribution is 5.95. The molecule has 0 spiro atoms. The van der Waals surface area contributed by atoms with Gasteiger partial charge < -0.3 is 15.5 Å². The predicted molar refractivity (Wildman–Crippen MR) is 60.3 cm³/mol. The Labute approximate surface area is 99.8 Å². The van der Waals surface area contributed by atoms with Gasteiger partial charge in [-0.3, -0.25) is 15.0 Å². The molecule has 1 heterocycles. The van der Waals surface area contributed by atoms with Crippen molar-refractivity contribution in [3.05, 3.63) is 0 Å². The summed E-state index contributed by atoms with van der Waals surface area (Å²) in [4.78, 5) is 24.2. The molecule has 4 N–H and O–H groups in total. The van der Waals surface area contributed by atoms with E-state index in [-0.39, 0.29) is 19.6 Å². The number of carbonyl (C=O) groups excluding carboxylic acids is 2. The Morgan fingerprint density at radius 1 is 1.29 bits per heavy atom. The highest BCUT2D eigenvalue weighted by Gasteiger charge is 2.30. The lowest BCUT2D eigenvalue weighted by atomic mass is 10.3. The number of amides is 3. The summed E-state index contributed by atoms with van der Waals surface area (Å²) in [6, 6.07) is -0.517. The largest absolute Gasteiger partial charge is 0.389 e. The van der Waals surface area contributed by atoms with Gasteiger partial charge in [0.05, 0.1) is 18.8 Å². The van der Waals surface area contributed by atoms with E-state index in [0.717, 1.165) is 6.42 Å². The molecule has 0 aromatic carbocycles. The van der Waals surface area contributed by atoms with Crippen LogP contribution in [0.4, 0.5) is 4.79 Å². The molecule has 1 aliphatic rings. The average molecular weight is 245 g/mol. The molecule has 0 aromatic heterocycles. The third-order valence-electron chi connectivity index (χ3n) is 2.49. The van der Waals surface area contributed by atoms with Crippen LogP contribution in [-0.2, 0) is 4.79 Å². The Morgan fingerprint density at radius 2 is 1.88 bits per heavy atom. The van der Waals surface area contributed by atoms with Crippen molar-refractivity contribution in [3.63, 3.8) is 0 Å². The molecule has 0 saturated carbocycles. The number of carbonyl (C=O) groups is 2. The van der Waals surface area contributed by atoms with Crippen LogP contribution in [0.15, 0.2) is 0 Å². The molecule has 2 atom stereocenters. The minimum absolute atomic E-state index is 0.00628. The molecule has 98 valence electrons. The van der Waals surface area contributed by atoms with Gasteiger partial charge in [-0.2, -0.15) is 0 Å². The third-order valence-corrected chi connectivity index (χ3v) is 2.49. The molecule has 17 heavy (non-hydrogen) atoms. The maximum absolute atomic E-state index is 11.4. The van der Waals surface area contributed by atoms with Crippen LogP contribution < -0.4 is 10.6 Å². The quantitative estimate of drug-likeness (QED) is 0.471. The summed E-state index contributed by atoms with van der Waals surface area (Å²) < 4.78 is 0. The van der Waals surface area contributed by atoms with Gasteiger partial charge in [-0.15, -0.1) is 0 Å². The van der Waals surface area contributed by atoms with Crippen molar-refractivity contribution in [2.24, 2.45) is 0 Å². The Bertz CT molecular complexity index is 275. The number of rotatable bonds is 4. The molecular formula is C10H19N3O4. The lowest BCUT2D eigenvalue weighted by Gasteiger charge is -2.13. The summed E-state index contributed by atoms with van der Waals surface area (Å²) in [6.07, 6.45) is -0.847. The first kappa shape index (κ1) is 13.9. The van der Waals surface area contributed by atoms with Crippen LogP contribution in [0.5, 0.6) is 0 Å². The second-order valence-electron chi connectivity index (χ2n) is 4.13. The van der Waals surface area contributed by atoms with Gasteiger partial charge in [-0.05, 0) is 6.42 Å². The van der Waals surface area contributed by atoms with Crippen LogP contribution in [0.3, 0.4) is 0 Å². The third kappa shape index (κ3) is 4.68. The zero-order valence-electron chi connectivity index (χ0n) is 9.85. The Hall–Kier alpha value is -1.18. The van der Waals surface area contributed by atoms with E-state index >= 15 is 0 Å². The molecule has 1 fully saturated rings. The van der Waals surface area contributed by atoms with Crippen molar-refractivity contribution < 1.29 is 19.8 Å². The standard InChI is InChI=1S/C10H19N3O4/c1-2-3-11-10(17)12-9(16)6-13-4-7(14)8(15)5-13/h7-8,14-15H,2-6H2,1H3,(H2,11,12,16,17)/t7-,8+. The van der Waals surface area contributed by atoms with E-state index < -0.39 is 24.1 Å². The van der Waals surface area contributed by atoms with Gasteiger partial charge in [-0.25, -0.2) is 4.79 Å². The van der Waals surface area contributed by atoms with E-state index in [9.17, 15) is 19.8 Å². The highest BCUT2D eigenvalue weighted by atomic mass is 16.3. The first-order valence-electron chi connectivity index (χ1n) is 5.69. The maximum Gasteiger partial charge on any atom is 0.321 e. The first-order chi connectivity index (χ1) is 8.02. The molecule has 1 saturated heterocycles. The summed E-state index contributed by atoms with van der Waals surface area (Å²) >= 11 is 0. The van der Waals surface area contributed by atoms with Crippen LogP contribution >= 0.6 is 0 Å². The Kier molecular flexibility index (Phi) is 5.33. The van der Waals surface area contributed by atoms with Crippen molar-refractivity contribution in [2.75, 3.05) is 26.2 Å². The summed E-state index contributed by atoms with van der Waals surface area (Å²) in [5, 5.41) is 23.2. The topological polar surface area (TPSA) is 102 Å². The van der Waals surface area contributed by atoms with Gasteiger partial charge in [-0.1, -0.05) is 6.92 Å². The number of hydrogen-bond acceptors (Lipinski definition) is 5. The second kappa shape index (κ2) is 6.53. The van der Waals surface area contributed by atoms with Crippen molar-refractivity contribution in [1.82, 2.24) is 15.5 Å². The van der Waals surface area contributed by atoms with E-state index in [0.29, 0.717) is 6.54 Å². The van der Waals surface area contributed by atoms with Crippen LogP contribution in [0.2, 0.25) is 0 Å². The van der Waals surface area contributed by atoms with Gasteiger partial charge in [0, 0.05) is 19.6 Å². The number of aliphatic hydroxyl groups is 2. The van der Waals surface area contributed by atoms with E-state index in [1.54, 1.807) is 4.90 Å². The lowest BCUT2D eigenvalue weighted by molar-refractivity contribution is -0.121. The number of imide groups is 1. The second-order valence-corrected chi connectivity index (χ2v) is 4.13. The van der Waals surface area contributed by atoms with E-state index in [2.05, 4.69) is 10.6 Å². The summed E-state index contributed by atoms with van der Waals surface area (Å²) in [5.74, 6) is -0.445. The van der Waals surface area contributed by atoms with Gasteiger partial charge in [0.15, 0.2) is 0 Å². The SMILES string of the molecule is CCCNC(=O)NC(=O)CN1C[C@@H](O)[C@@H](O)C1. The monoisotopic (exact) mass is 245 g/mol. The zero-order valence-corrected chi connectivity index (χ0v) is 9.85. The fourth-order valence-electron chi connectivity index (χ4n) is 1.63. The van der Waals surface area contributed by atoms with Crippen molar-refractivity contribution in [3.8, 4) is 0 Å². The van der Waals surface area contributed by atoms with Gasteiger partial charge >= 0.3 is 6.03 Å². The minimum atomic E-state index is -0.822. The summed E-state index contributed by atoms with van der Waals surface area (Å²) in [5.41, 5.74) is 0. The number of nitrogens with zero attached hydrogens (tertiary/aromatic N) is 1. The van der Waals surface area contributed by atoms with Crippen LogP contribution in [-0.4, -0.2) is 65.4 Å². The molecule has 1 rings (SSSR count). The number of aliphatic hydroxyl groups excluding tert-OH is 2.